The van der Waals surface area contributed by atoms with Crippen LogP contribution in [-0.2, 0) is 4.79 Å². The third kappa shape index (κ3) is 4.60. The number of hydrogen-bond donors (Lipinski definition) is 1. The lowest BCUT2D eigenvalue weighted by Crippen LogP contribution is -2.07. The smallest absolute Gasteiger partial charge is 0.270 e. The van der Waals surface area contributed by atoms with Crippen molar-refractivity contribution in [3.8, 4) is 17.0 Å². The average Bonchev–Trinajstić information content (AvgIpc) is 3.06. The number of hydrogen-bond acceptors (Lipinski definition) is 6. The van der Waals surface area contributed by atoms with Crippen LogP contribution in [0.1, 0.15) is 10.4 Å². The van der Waals surface area contributed by atoms with E-state index in [9.17, 15) is 14.9 Å². The number of nitro benzene ring substituents is 1. The average molecular weight is 395 g/mol. The van der Waals surface area contributed by atoms with Crippen LogP contribution >= 0.6 is 11.3 Å². The molecule has 7 nitrogen and oxygen atoms in total. The van der Waals surface area contributed by atoms with E-state index in [1.54, 1.807) is 19.2 Å². The Hall–Kier alpha value is -3.52. The Kier molecular flexibility index (Phi) is 5.81. The fourth-order valence-corrected chi connectivity index (χ4v) is 3.37. The van der Waals surface area contributed by atoms with Crippen molar-refractivity contribution in [1.82, 2.24) is 4.98 Å². The molecule has 1 amide bonds. The molecule has 0 aliphatic rings. The van der Waals surface area contributed by atoms with Gasteiger partial charge in [-0.25, -0.2) is 4.98 Å². The second kappa shape index (κ2) is 8.45. The monoisotopic (exact) mass is 395 g/mol. The van der Waals surface area contributed by atoms with Crippen molar-refractivity contribution in [2.45, 2.75) is 6.92 Å². The van der Waals surface area contributed by atoms with Gasteiger partial charge < -0.3 is 4.74 Å². The van der Waals surface area contributed by atoms with E-state index in [0.29, 0.717) is 10.7 Å². The summed E-state index contributed by atoms with van der Waals surface area (Å²) in [5, 5.41) is 14.0. The second-order valence-corrected chi connectivity index (χ2v) is 7.03. The predicted octanol–water partition coefficient (Wildman–Crippen LogP) is 4.69. The molecule has 0 bridgehead atoms. The van der Waals surface area contributed by atoms with Crippen LogP contribution in [0.15, 0.2) is 54.6 Å². The number of non-ortho nitro benzene ring substituents is 1. The molecule has 0 aliphatic carbocycles. The van der Waals surface area contributed by atoms with E-state index in [1.807, 2.05) is 31.2 Å². The number of thiazole rings is 1. The maximum absolute atomic E-state index is 12.2. The highest BCUT2D eigenvalue weighted by Crippen LogP contribution is 2.31. The van der Waals surface area contributed by atoms with Gasteiger partial charge in [-0.1, -0.05) is 12.1 Å². The Balaban J connectivity index is 1.70. The number of nitrogens with zero attached hydrogens (tertiary/aromatic N) is 2. The summed E-state index contributed by atoms with van der Waals surface area (Å²) in [6.45, 7) is 1.94. The number of rotatable bonds is 6. The van der Waals surface area contributed by atoms with Crippen LogP contribution in [0.3, 0.4) is 0 Å². The zero-order valence-electron chi connectivity index (χ0n) is 15.2. The first-order chi connectivity index (χ1) is 13.5. The zero-order chi connectivity index (χ0) is 20.1. The summed E-state index contributed by atoms with van der Waals surface area (Å²) in [7, 11) is 1.61. The van der Waals surface area contributed by atoms with E-state index < -0.39 is 4.92 Å². The SMILES string of the molecule is COc1ccc(-c2nc(NC(=O)/C=C/c3cccc([N+](=O)[O-])c3)sc2C)cc1. The molecule has 3 rings (SSSR count). The minimum atomic E-state index is -0.476. The summed E-state index contributed by atoms with van der Waals surface area (Å²) in [6, 6.07) is 13.6. The topological polar surface area (TPSA) is 94.4 Å². The van der Waals surface area contributed by atoms with E-state index in [1.165, 1.54) is 35.6 Å². The van der Waals surface area contributed by atoms with Crippen LogP contribution < -0.4 is 10.1 Å². The minimum Gasteiger partial charge on any atom is -0.497 e. The molecular weight excluding hydrogens is 378 g/mol. The molecule has 0 aliphatic heterocycles. The van der Waals surface area contributed by atoms with Crippen LogP contribution in [0, 0.1) is 17.0 Å². The molecule has 0 fully saturated rings. The van der Waals surface area contributed by atoms with Crippen molar-refractivity contribution in [3.05, 3.63) is 75.2 Å². The Labute approximate surface area is 165 Å². The van der Waals surface area contributed by atoms with Gasteiger partial charge in [0, 0.05) is 28.6 Å². The lowest BCUT2D eigenvalue weighted by Gasteiger charge is -2.01. The predicted molar refractivity (Wildman–Crippen MR) is 110 cm³/mol. The highest BCUT2D eigenvalue weighted by molar-refractivity contribution is 7.16. The Morgan fingerprint density at radius 1 is 1.25 bits per heavy atom. The standard InChI is InChI=1S/C20H17N3O4S/c1-13-19(15-7-9-17(27-2)10-8-15)22-20(28-13)21-18(24)11-6-14-4-3-5-16(12-14)23(25)26/h3-12H,1-2H3,(H,21,22,24)/b11-6+. The van der Waals surface area contributed by atoms with Crippen molar-refractivity contribution in [1.29, 1.82) is 0 Å². The molecule has 142 valence electrons. The first kappa shape index (κ1) is 19.2. The number of methoxy groups -OCH3 is 1. The van der Waals surface area contributed by atoms with Crippen LogP contribution in [0.5, 0.6) is 5.75 Å². The van der Waals surface area contributed by atoms with Crippen molar-refractivity contribution < 1.29 is 14.5 Å². The molecule has 3 aromatic rings. The van der Waals surface area contributed by atoms with Gasteiger partial charge in [-0.05, 0) is 42.8 Å². The molecule has 0 atom stereocenters. The van der Waals surface area contributed by atoms with Crippen molar-refractivity contribution in [2.24, 2.45) is 0 Å². The lowest BCUT2D eigenvalue weighted by atomic mass is 10.1. The van der Waals surface area contributed by atoms with E-state index in [0.717, 1.165) is 21.9 Å². The summed E-state index contributed by atoms with van der Waals surface area (Å²) < 4.78 is 5.16. The quantitative estimate of drug-likeness (QED) is 0.371. The van der Waals surface area contributed by atoms with Gasteiger partial charge in [0.15, 0.2) is 5.13 Å². The van der Waals surface area contributed by atoms with Gasteiger partial charge in [-0.2, -0.15) is 0 Å². The van der Waals surface area contributed by atoms with E-state index in [-0.39, 0.29) is 11.6 Å². The maximum atomic E-state index is 12.2. The molecule has 0 saturated heterocycles. The number of nitro groups is 1. The number of aromatic nitrogens is 1. The highest BCUT2D eigenvalue weighted by Gasteiger charge is 2.11. The van der Waals surface area contributed by atoms with Gasteiger partial charge in [-0.15, -0.1) is 11.3 Å². The molecule has 0 spiro atoms. The second-order valence-electron chi connectivity index (χ2n) is 5.83. The maximum Gasteiger partial charge on any atom is 0.270 e. The van der Waals surface area contributed by atoms with Gasteiger partial charge in [-0.3, -0.25) is 20.2 Å². The molecule has 2 aromatic carbocycles. The van der Waals surface area contributed by atoms with Gasteiger partial charge in [0.25, 0.3) is 5.69 Å². The van der Waals surface area contributed by atoms with Gasteiger partial charge in [0.1, 0.15) is 5.75 Å². The van der Waals surface area contributed by atoms with Gasteiger partial charge in [0.05, 0.1) is 17.7 Å². The Morgan fingerprint density at radius 3 is 2.68 bits per heavy atom. The van der Waals surface area contributed by atoms with Crippen LogP contribution in [0.4, 0.5) is 10.8 Å². The third-order valence-electron chi connectivity index (χ3n) is 3.90. The van der Waals surface area contributed by atoms with Gasteiger partial charge in [0.2, 0.25) is 5.91 Å². The number of aryl methyl sites for hydroxylation is 1. The molecule has 1 heterocycles. The minimum absolute atomic E-state index is 0.0257. The van der Waals surface area contributed by atoms with Crippen molar-refractivity contribution in [3.63, 3.8) is 0 Å². The number of ether oxygens (including phenoxy) is 1. The number of nitrogens with one attached hydrogen (secondary N) is 1. The Bertz CT molecular complexity index is 1040. The lowest BCUT2D eigenvalue weighted by molar-refractivity contribution is -0.384. The molecule has 28 heavy (non-hydrogen) atoms. The van der Waals surface area contributed by atoms with Crippen molar-refractivity contribution in [2.75, 3.05) is 12.4 Å². The summed E-state index contributed by atoms with van der Waals surface area (Å²) in [5.41, 5.74) is 2.27. The largest absolute Gasteiger partial charge is 0.497 e. The molecule has 0 radical (unpaired) electrons. The highest BCUT2D eigenvalue weighted by atomic mass is 32.1. The van der Waals surface area contributed by atoms with Crippen LogP contribution in [-0.4, -0.2) is 22.9 Å². The molecule has 1 aromatic heterocycles. The molecular formula is C20H17N3O4S. The third-order valence-corrected chi connectivity index (χ3v) is 4.78. The number of carbonyl (C=O) groups excluding carboxylic acids is 1. The van der Waals surface area contributed by atoms with Gasteiger partial charge >= 0.3 is 0 Å². The van der Waals surface area contributed by atoms with Crippen LogP contribution in [0.25, 0.3) is 17.3 Å². The van der Waals surface area contributed by atoms with Crippen molar-refractivity contribution >= 4 is 34.1 Å². The number of carbonyl (C=O) groups is 1. The molecule has 1 N–H and O–H groups in total. The summed E-state index contributed by atoms with van der Waals surface area (Å²) in [5.74, 6) is 0.401. The summed E-state index contributed by atoms with van der Waals surface area (Å²) in [6.07, 6.45) is 2.84. The molecule has 8 heteroatoms. The van der Waals surface area contributed by atoms with E-state index in [2.05, 4.69) is 10.3 Å². The summed E-state index contributed by atoms with van der Waals surface area (Å²) in [4.78, 5) is 28.0. The first-order valence-corrected chi connectivity index (χ1v) is 9.13. The Morgan fingerprint density at radius 2 is 2.00 bits per heavy atom. The normalized spacial score (nSPS) is 10.8. The fraction of sp³-hybridized carbons (Fsp3) is 0.100. The first-order valence-electron chi connectivity index (χ1n) is 8.31. The van der Waals surface area contributed by atoms with Crippen LogP contribution in [0.2, 0.25) is 0 Å². The van der Waals surface area contributed by atoms with E-state index >= 15 is 0 Å². The number of anilines is 1. The number of benzene rings is 2. The molecule has 0 unspecified atom stereocenters. The van der Waals surface area contributed by atoms with E-state index in [4.69, 9.17) is 4.74 Å². The molecule has 0 saturated carbocycles. The summed E-state index contributed by atoms with van der Waals surface area (Å²) >= 11 is 1.38. The zero-order valence-corrected chi connectivity index (χ0v) is 16.0. The fourth-order valence-electron chi connectivity index (χ4n) is 2.53. The number of amides is 1.